The summed E-state index contributed by atoms with van der Waals surface area (Å²) in [4.78, 5) is 31.1. The molecule has 4 rings (SSSR count). The molecule has 140 valence electrons. The van der Waals surface area contributed by atoms with Crippen LogP contribution in [0.5, 0.6) is 0 Å². The lowest BCUT2D eigenvalue weighted by molar-refractivity contribution is -0.117. The number of imidazole rings is 1. The molecule has 0 aromatic carbocycles. The fraction of sp³-hybridized carbons (Fsp3) is 0.500. The summed E-state index contributed by atoms with van der Waals surface area (Å²) < 4.78 is 0. The monoisotopic (exact) mass is 395 g/mol. The quantitative estimate of drug-likeness (QED) is 0.722. The summed E-state index contributed by atoms with van der Waals surface area (Å²) in [6, 6.07) is 0.115. The Labute approximate surface area is 161 Å². The number of fused-ring (bicyclic) bond motifs is 1. The molecule has 0 bridgehead atoms. The van der Waals surface area contributed by atoms with Crippen LogP contribution in [-0.2, 0) is 4.79 Å². The molecule has 3 heterocycles. The fourth-order valence-electron chi connectivity index (χ4n) is 3.33. The number of hydrogen-bond acceptors (Lipinski definition) is 7. The standard InChI is InChI=1S/C16H21N7OS.ClH/c17-10-3-1-2-4-11(10)22-16(24)12-7-23(5-6-25-12)15-13-14(19-8-18-13)20-9-21-15;/h7-11H,1-6,17H2,(H,22,24)(H,18,19,20,21);1H/t10-,11+;/m1./s1. The van der Waals surface area contributed by atoms with Crippen LogP contribution in [0.1, 0.15) is 25.7 Å². The van der Waals surface area contributed by atoms with Crippen LogP contribution >= 0.6 is 24.2 Å². The summed E-state index contributed by atoms with van der Waals surface area (Å²) in [5.41, 5.74) is 7.54. The molecule has 1 aliphatic carbocycles. The van der Waals surface area contributed by atoms with Crippen molar-refractivity contribution in [2.24, 2.45) is 5.73 Å². The number of H-pyrrole nitrogens is 1. The van der Waals surface area contributed by atoms with Gasteiger partial charge in [-0.3, -0.25) is 4.79 Å². The van der Waals surface area contributed by atoms with Crippen LogP contribution in [0.2, 0.25) is 0 Å². The van der Waals surface area contributed by atoms with Gasteiger partial charge in [-0.25, -0.2) is 15.0 Å². The average molecular weight is 396 g/mol. The predicted molar refractivity (Wildman–Crippen MR) is 105 cm³/mol. The predicted octanol–water partition coefficient (Wildman–Crippen LogP) is 1.56. The third-order valence-corrected chi connectivity index (χ3v) is 5.68. The Balaban J connectivity index is 0.00000196. The average Bonchev–Trinajstić information content (AvgIpc) is 3.12. The Morgan fingerprint density at radius 3 is 3.00 bits per heavy atom. The first-order chi connectivity index (χ1) is 12.2. The molecule has 0 spiro atoms. The first kappa shape index (κ1) is 18.9. The maximum absolute atomic E-state index is 12.7. The maximum Gasteiger partial charge on any atom is 0.259 e. The Morgan fingerprint density at radius 1 is 1.31 bits per heavy atom. The summed E-state index contributed by atoms with van der Waals surface area (Å²) in [6.07, 6.45) is 9.15. The second-order valence-electron chi connectivity index (χ2n) is 6.36. The van der Waals surface area contributed by atoms with E-state index in [1.807, 2.05) is 11.1 Å². The Bertz CT molecular complexity index is 811. The normalized spacial score (nSPS) is 23.3. The van der Waals surface area contributed by atoms with Gasteiger partial charge in [0.05, 0.1) is 11.2 Å². The fourth-order valence-corrected chi connectivity index (χ4v) is 4.23. The molecule has 8 nitrogen and oxygen atoms in total. The smallest absolute Gasteiger partial charge is 0.259 e. The number of aromatic amines is 1. The number of amides is 1. The van der Waals surface area contributed by atoms with E-state index < -0.39 is 0 Å². The van der Waals surface area contributed by atoms with Crippen molar-refractivity contribution in [1.29, 1.82) is 0 Å². The van der Waals surface area contributed by atoms with Crippen molar-refractivity contribution in [3.05, 3.63) is 23.8 Å². The molecule has 26 heavy (non-hydrogen) atoms. The van der Waals surface area contributed by atoms with E-state index in [2.05, 4.69) is 25.3 Å². The van der Waals surface area contributed by atoms with Crippen molar-refractivity contribution in [2.45, 2.75) is 37.8 Å². The third-order valence-electron chi connectivity index (χ3n) is 4.69. The Kier molecular flexibility index (Phi) is 6.00. The number of halogens is 1. The highest BCUT2D eigenvalue weighted by atomic mass is 35.5. The highest BCUT2D eigenvalue weighted by Gasteiger charge is 2.26. The van der Waals surface area contributed by atoms with Gasteiger partial charge in [-0.15, -0.1) is 24.2 Å². The number of carbonyl (C=O) groups excluding carboxylic acids is 1. The molecule has 4 N–H and O–H groups in total. The molecule has 10 heteroatoms. The minimum atomic E-state index is -0.0515. The number of hydrogen-bond donors (Lipinski definition) is 3. The summed E-state index contributed by atoms with van der Waals surface area (Å²) in [5, 5.41) is 3.11. The van der Waals surface area contributed by atoms with Crippen LogP contribution in [0.25, 0.3) is 11.2 Å². The molecule has 0 unspecified atom stereocenters. The summed E-state index contributed by atoms with van der Waals surface area (Å²) in [5.74, 6) is 1.47. The molecule has 1 fully saturated rings. The zero-order chi connectivity index (χ0) is 17.2. The van der Waals surface area contributed by atoms with Gasteiger partial charge in [0.15, 0.2) is 17.0 Å². The molecule has 1 aliphatic heterocycles. The molecule has 2 aromatic heterocycles. The number of rotatable bonds is 3. The topological polar surface area (TPSA) is 113 Å². The largest absolute Gasteiger partial charge is 0.347 e. The van der Waals surface area contributed by atoms with Gasteiger partial charge in [0.25, 0.3) is 5.91 Å². The number of thioether (sulfide) groups is 1. The highest BCUT2D eigenvalue weighted by molar-refractivity contribution is 8.04. The van der Waals surface area contributed by atoms with Crippen LogP contribution in [0.15, 0.2) is 23.8 Å². The van der Waals surface area contributed by atoms with Crippen molar-refractivity contribution in [2.75, 3.05) is 17.2 Å². The van der Waals surface area contributed by atoms with E-state index >= 15 is 0 Å². The van der Waals surface area contributed by atoms with Crippen molar-refractivity contribution >= 4 is 47.1 Å². The zero-order valence-electron chi connectivity index (χ0n) is 14.2. The number of aromatic nitrogens is 4. The number of nitrogens with two attached hydrogens (primary N) is 1. The second-order valence-corrected chi connectivity index (χ2v) is 7.50. The SMILES string of the molecule is Cl.N[C@@H]1CCCC[C@@H]1NC(=O)C1=CN(c2ncnc3[nH]cnc23)CCS1. The first-order valence-electron chi connectivity index (χ1n) is 8.54. The first-order valence-corrected chi connectivity index (χ1v) is 9.53. The summed E-state index contributed by atoms with van der Waals surface area (Å²) >= 11 is 1.56. The van der Waals surface area contributed by atoms with E-state index in [1.54, 1.807) is 18.1 Å². The van der Waals surface area contributed by atoms with Crippen LogP contribution in [-0.4, -0.2) is 50.2 Å². The van der Waals surface area contributed by atoms with Gasteiger partial charge in [0, 0.05) is 30.6 Å². The molecule has 0 saturated heterocycles. The van der Waals surface area contributed by atoms with Gasteiger partial charge in [-0.1, -0.05) is 12.8 Å². The third kappa shape index (κ3) is 3.79. The Morgan fingerprint density at radius 2 is 2.15 bits per heavy atom. The molecule has 0 radical (unpaired) electrons. The van der Waals surface area contributed by atoms with Gasteiger partial charge in [-0.2, -0.15) is 0 Å². The lowest BCUT2D eigenvalue weighted by atomic mass is 9.91. The van der Waals surface area contributed by atoms with Crippen molar-refractivity contribution in [3.8, 4) is 0 Å². The van der Waals surface area contributed by atoms with E-state index in [4.69, 9.17) is 5.73 Å². The highest BCUT2D eigenvalue weighted by Crippen LogP contribution is 2.28. The van der Waals surface area contributed by atoms with E-state index in [1.165, 1.54) is 6.33 Å². The molecular weight excluding hydrogens is 374 g/mol. The van der Waals surface area contributed by atoms with Crippen molar-refractivity contribution in [1.82, 2.24) is 25.3 Å². The second kappa shape index (κ2) is 8.24. The van der Waals surface area contributed by atoms with E-state index in [0.717, 1.165) is 38.0 Å². The minimum absolute atomic E-state index is 0. The summed E-state index contributed by atoms with van der Waals surface area (Å²) in [6.45, 7) is 0.767. The van der Waals surface area contributed by atoms with Crippen LogP contribution in [0.3, 0.4) is 0 Å². The van der Waals surface area contributed by atoms with E-state index in [0.29, 0.717) is 21.9 Å². The maximum atomic E-state index is 12.7. The number of carbonyl (C=O) groups is 1. The number of nitrogens with one attached hydrogen (secondary N) is 2. The lowest BCUT2D eigenvalue weighted by Crippen LogP contribution is -2.49. The number of nitrogens with zero attached hydrogens (tertiary/aromatic N) is 4. The van der Waals surface area contributed by atoms with Crippen molar-refractivity contribution in [3.63, 3.8) is 0 Å². The zero-order valence-corrected chi connectivity index (χ0v) is 15.9. The van der Waals surface area contributed by atoms with Gasteiger partial charge >= 0.3 is 0 Å². The molecule has 1 saturated carbocycles. The molecule has 1 amide bonds. The van der Waals surface area contributed by atoms with Crippen LogP contribution in [0.4, 0.5) is 5.82 Å². The van der Waals surface area contributed by atoms with Crippen LogP contribution < -0.4 is 16.0 Å². The van der Waals surface area contributed by atoms with E-state index in [9.17, 15) is 4.79 Å². The molecule has 2 aromatic rings. The van der Waals surface area contributed by atoms with Gasteiger partial charge in [0.2, 0.25) is 0 Å². The van der Waals surface area contributed by atoms with Gasteiger partial charge in [-0.05, 0) is 12.8 Å². The van der Waals surface area contributed by atoms with Gasteiger partial charge in [0.1, 0.15) is 6.33 Å². The molecular formula is C16H22ClN7OS. The van der Waals surface area contributed by atoms with E-state index in [-0.39, 0.29) is 30.4 Å². The Hall–Kier alpha value is -1.84. The van der Waals surface area contributed by atoms with Gasteiger partial charge < -0.3 is 20.9 Å². The summed E-state index contributed by atoms with van der Waals surface area (Å²) in [7, 11) is 0. The minimum Gasteiger partial charge on any atom is -0.347 e. The van der Waals surface area contributed by atoms with Crippen LogP contribution in [0, 0.1) is 0 Å². The molecule has 2 atom stereocenters. The molecule has 2 aliphatic rings. The lowest BCUT2D eigenvalue weighted by Gasteiger charge is -2.30. The van der Waals surface area contributed by atoms with Crippen molar-refractivity contribution < 1.29 is 4.79 Å². The number of anilines is 1.